The average Bonchev–Trinajstić information content (AvgIpc) is 2.70. The summed E-state index contributed by atoms with van der Waals surface area (Å²) in [6, 6.07) is 9.75. The fourth-order valence-electron chi connectivity index (χ4n) is 3.64. The Hall–Kier alpha value is -3.03. The van der Waals surface area contributed by atoms with Crippen molar-refractivity contribution in [2.45, 2.75) is 51.6 Å². The van der Waals surface area contributed by atoms with Crippen LogP contribution in [0.2, 0.25) is 0 Å². The molecule has 1 saturated carbocycles. The van der Waals surface area contributed by atoms with Crippen LogP contribution in [-0.4, -0.2) is 48.8 Å². The van der Waals surface area contributed by atoms with Crippen LogP contribution in [0.4, 0.5) is 22.1 Å². The summed E-state index contributed by atoms with van der Waals surface area (Å²) >= 11 is 0. The van der Waals surface area contributed by atoms with Crippen molar-refractivity contribution in [1.29, 1.82) is 0 Å². The molecular weight excluding hydrogens is 380 g/mol. The first-order valence-corrected chi connectivity index (χ1v) is 10.5. The van der Waals surface area contributed by atoms with Crippen molar-refractivity contribution in [3.05, 3.63) is 36.2 Å². The predicted octanol–water partition coefficient (Wildman–Crippen LogP) is 3.79. The number of anilines is 3. The number of carbonyl (C=O) groups excluding carboxylic acids is 1. The Kier molecular flexibility index (Phi) is 7.32. The van der Waals surface area contributed by atoms with Crippen molar-refractivity contribution in [2.75, 3.05) is 36.2 Å². The number of urea groups is 1. The molecule has 1 aromatic carbocycles. The highest BCUT2D eigenvalue weighted by atomic mass is 16.5. The second-order valence-electron chi connectivity index (χ2n) is 7.77. The Bertz CT molecular complexity index is 849. The van der Waals surface area contributed by atoms with E-state index in [1.807, 2.05) is 63.2 Å². The Morgan fingerprint density at radius 2 is 1.83 bits per heavy atom. The number of carbonyl (C=O) groups is 1. The van der Waals surface area contributed by atoms with Gasteiger partial charge in [0, 0.05) is 32.2 Å². The minimum Gasteiger partial charge on any atom is -0.492 e. The first-order chi connectivity index (χ1) is 14.4. The van der Waals surface area contributed by atoms with E-state index in [9.17, 15) is 4.79 Å². The van der Waals surface area contributed by atoms with Crippen LogP contribution in [0.15, 0.2) is 30.3 Å². The van der Waals surface area contributed by atoms with E-state index in [4.69, 9.17) is 4.74 Å². The second-order valence-corrected chi connectivity index (χ2v) is 7.77. The molecule has 3 rings (SSSR count). The molecule has 8 nitrogen and oxygen atoms in total. The lowest BCUT2D eigenvalue weighted by molar-refractivity contribution is 0.243. The van der Waals surface area contributed by atoms with Crippen molar-refractivity contribution in [2.24, 2.45) is 0 Å². The minimum absolute atomic E-state index is 0.159. The fourth-order valence-corrected chi connectivity index (χ4v) is 3.64. The van der Waals surface area contributed by atoms with Crippen LogP contribution in [0, 0.1) is 6.92 Å². The van der Waals surface area contributed by atoms with Gasteiger partial charge in [0.05, 0.1) is 12.3 Å². The lowest BCUT2D eigenvalue weighted by Crippen LogP contribution is -2.42. The number of hydrogen-bond acceptors (Lipinski definition) is 6. The molecule has 2 aromatic rings. The van der Waals surface area contributed by atoms with Crippen LogP contribution in [0.3, 0.4) is 0 Å². The van der Waals surface area contributed by atoms with E-state index in [-0.39, 0.29) is 12.1 Å². The monoisotopic (exact) mass is 412 g/mol. The van der Waals surface area contributed by atoms with Crippen LogP contribution < -0.4 is 25.6 Å². The highest BCUT2D eigenvalue weighted by Gasteiger charge is 2.23. The molecule has 2 amide bonds. The number of aryl methyl sites for hydroxylation is 1. The summed E-state index contributed by atoms with van der Waals surface area (Å²) in [6.07, 6.45) is 3.78. The van der Waals surface area contributed by atoms with Gasteiger partial charge in [-0.25, -0.2) is 14.8 Å². The zero-order valence-corrected chi connectivity index (χ0v) is 18.2. The third-order valence-electron chi connectivity index (χ3n) is 5.13. The van der Waals surface area contributed by atoms with Crippen LogP contribution in [0.5, 0.6) is 5.75 Å². The summed E-state index contributed by atoms with van der Waals surface area (Å²) < 4.78 is 5.57. The van der Waals surface area contributed by atoms with Gasteiger partial charge < -0.3 is 25.6 Å². The summed E-state index contributed by atoms with van der Waals surface area (Å²) in [5.41, 5.74) is 0.683. The van der Waals surface area contributed by atoms with E-state index in [0.29, 0.717) is 24.1 Å². The van der Waals surface area contributed by atoms with Crippen LogP contribution >= 0.6 is 0 Å². The van der Waals surface area contributed by atoms with Gasteiger partial charge in [0.1, 0.15) is 23.2 Å². The van der Waals surface area contributed by atoms with E-state index in [1.54, 1.807) is 0 Å². The maximum absolute atomic E-state index is 12.4. The van der Waals surface area contributed by atoms with Gasteiger partial charge in [-0.2, -0.15) is 0 Å². The molecule has 30 heavy (non-hydrogen) atoms. The summed E-state index contributed by atoms with van der Waals surface area (Å²) in [7, 11) is 3.94. The number of benzene rings is 1. The van der Waals surface area contributed by atoms with Crippen molar-refractivity contribution in [3.63, 3.8) is 0 Å². The van der Waals surface area contributed by atoms with E-state index in [0.717, 1.165) is 43.1 Å². The third-order valence-corrected chi connectivity index (χ3v) is 5.13. The molecule has 0 saturated heterocycles. The van der Waals surface area contributed by atoms with E-state index in [1.165, 1.54) is 0 Å². The molecule has 0 unspecified atom stereocenters. The van der Waals surface area contributed by atoms with Gasteiger partial charge >= 0.3 is 6.03 Å². The minimum atomic E-state index is -0.194. The molecule has 8 heteroatoms. The molecule has 3 N–H and O–H groups in total. The Morgan fingerprint density at radius 3 is 2.53 bits per heavy atom. The van der Waals surface area contributed by atoms with Crippen molar-refractivity contribution < 1.29 is 9.53 Å². The molecule has 1 heterocycles. The Labute approximate surface area is 178 Å². The largest absolute Gasteiger partial charge is 0.492 e. The standard InChI is InChI=1S/C22H32N6O2/c1-5-30-19-9-7-6-8-18(19)27-22(29)26-17-12-10-16(11-13-17)25-20-14-21(28(3)4)24-15(2)23-20/h6-9,14,16-17H,5,10-13H2,1-4H3,(H,23,24,25)(H2,26,27,29)/t16-,17+. The van der Waals surface area contributed by atoms with Gasteiger partial charge in [0.15, 0.2) is 0 Å². The van der Waals surface area contributed by atoms with Gasteiger partial charge in [-0.15, -0.1) is 0 Å². The molecule has 0 aliphatic heterocycles. The lowest BCUT2D eigenvalue weighted by Gasteiger charge is -2.30. The van der Waals surface area contributed by atoms with Gasteiger partial charge in [-0.1, -0.05) is 12.1 Å². The third kappa shape index (κ3) is 5.98. The quantitative estimate of drug-likeness (QED) is 0.641. The Morgan fingerprint density at radius 1 is 1.13 bits per heavy atom. The van der Waals surface area contributed by atoms with Crippen molar-refractivity contribution in [3.8, 4) is 5.75 Å². The normalized spacial score (nSPS) is 18.4. The van der Waals surface area contributed by atoms with Crippen molar-refractivity contribution >= 4 is 23.4 Å². The van der Waals surface area contributed by atoms with E-state index in [2.05, 4.69) is 25.9 Å². The van der Waals surface area contributed by atoms with Crippen molar-refractivity contribution in [1.82, 2.24) is 15.3 Å². The molecule has 1 aromatic heterocycles. The zero-order valence-electron chi connectivity index (χ0n) is 18.2. The van der Waals surface area contributed by atoms with Gasteiger partial charge in [-0.3, -0.25) is 0 Å². The molecule has 0 atom stereocenters. The van der Waals surface area contributed by atoms with Gasteiger partial charge in [0.2, 0.25) is 0 Å². The number of rotatable bonds is 7. The highest BCUT2D eigenvalue weighted by molar-refractivity contribution is 5.91. The van der Waals surface area contributed by atoms with E-state index < -0.39 is 0 Å². The smallest absolute Gasteiger partial charge is 0.319 e. The van der Waals surface area contributed by atoms with Gasteiger partial charge in [-0.05, 0) is 51.7 Å². The van der Waals surface area contributed by atoms with Crippen LogP contribution in [0.1, 0.15) is 38.4 Å². The number of nitrogens with one attached hydrogen (secondary N) is 3. The molecule has 162 valence electrons. The number of nitrogens with zero attached hydrogens (tertiary/aromatic N) is 3. The summed E-state index contributed by atoms with van der Waals surface area (Å²) in [5, 5.41) is 9.52. The molecule has 0 radical (unpaired) electrons. The maximum atomic E-state index is 12.4. The molecule has 1 aliphatic rings. The topological polar surface area (TPSA) is 91.4 Å². The molecular formula is C22H32N6O2. The summed E-state index contributed by atoms with van der Waals surface area (Å²) in [5.74, 6) is 3.18. The molecule has 0 spiro atoms. The van der Waals surface area contributed by atoms with E-state index >= 15 is 0 Å². The van der Waals surface area contributed by atoms with Gasteiger partial charge in [0.25, 0.3) is 0 Å². The molecule has 1 aliphatic carbocycles. The second kappa shape index (κ2) is 10.1. The van der Waals surface area contributed by atoms with Crippen LogP contribution in [0.25, 0.3) is 0 Å². The highest BCUT2D eigenvalue weighted by Crippen LogP contribution is 2.25. The first-order valence-electron chi connectivity index (χ1n) is 10.5. The lowest BCUT2D eigenvalue weighted by atomic mass is 9.91. The Balaban J connectivity index is 1.48. The zero-order chi connectivity index (χ0) is 21.5. The SMILES string of the molecule is CCOc1ccccc1NC(=O)N[C@H]1CC[C@@H](Nc2cc(N(C)C)nc(C)n2)CC1. The number of ether oxygens (including phenoxy) is 1. The number of para-hydroxylation sites is 2. The number of amides is 2. The molecule has 1 fully saturated rings. The predicted molar refractivity (Wildman–Crippen MR) is 121 cm³/mol. The summed E-state index contributed by atoms with van der Waals surface area (Å²) in [4.78, 5) is 23.4. The fraction of sp³-hybridized carbons (Fsp3) is 0.500. The number of aromatic nitrogens is 2. The molecule has 0 bridgehead atoms. The average molecular weight is 413 g/mol. The maximum Gasteiger partial charge on any atom is 0.319 e. The van der Waals surface area contributed by atoms with Crippen LogP contribution in [-0.2, 0) is 0 Å². The summed E-state index contributed by atoms with van der Waals surface area (Å²) in [6.45, 7) is 4.38. The first kappa shape index (κ1) is 21.7. The number of hydrogen-bond donors (Lipinski definition) is 3.